The van der Waals surface area contributed by atoms with E-state index in [0.717, 1.165) is 12.6 Å². The van der Waals surface area contributed by atoms with E-state index in [4.69, 9.17) is 0 Å². The molecule has 2 aromatic carbocycles. The van der Waals surface area contributed by atoms with Crippen LogP contribution in [0.4, 0.5) is 13.2 Å². The van der Waals surface area contributed by atoms with E-state index in [-0.39, 0.29) is 36.1 Å². The molecule has 1 saturated heterocycles. The minimum atomic E-state index is -0.890. The molecule has 1 amide bonds. The summed E-state index contributed by atoms with van der Waals surface area (Å²) in [6, 6.07) is 9.57. The zero-order valence-corrected chi connectivity index (χ0v) is 15.7. The smallest absolute Gasteiger partial charge is 0.227 e. The van der Waals surface area contributed by atoms with Gasteiger partial charge in [-0.2, -0.15) is 0 Å². The summed E-state index contributed by atoms with van der Waals surface area (Å²) in [6.45, 7) is 2.98. The second kappa shape index (κ2) is 9.24. The topological polar surface area (TPSA) is 41.1 Å². The monoisotopic (exact) mass is 398 g/mol. The lowest BCUT2D eigenvalue weighted by atomic mass is 9.85. The molecule has 0 radical (unpaired) electrons. The Bertz CT molecular complexity index is 803. The summed E-state index contributed by atoms with van der Waals surface area (Å²) in [5.74, 6) is -3.02. The number of carbonyl (C=O) groups excluding carboxylic acids is 1. The predicted molar refractivity (Wildman–Crippen MR) is 101 cm³/mol. The Labute approximate surface area is 162 Å². The molecule has 3 unspecified atom stereocenters. The van der Waals surface area contributed by atoms with Crippen LogP contribution in [0.2, 0.25) is 0 Å². The van der Waals surface area contributed by atoms with E-state index in [1.54, 1.807) is 25.1 Å². The molecular weight excluding hydrogens is 377 g/mol. The van der Waals surface area contributed by atoms with Crippen molar-refractivity contribution in [2.75, 3.05) is 13.1 Å². The van der Waals surface area contributed by atoms with Gasteiger partial charge in [0.2, 0.25) is 5.91 Å². The van der Waals surface area contributed by atoms with Crippen LogP contribution in [0.3, 0.4) is 0 Å². The molecule has 146 valence electrons. The van der Waals surface area contributed by atoms with Gasteiger partial charge in [-0.05, 0) is 55.3 Å². The van der Waals surface area contributed by atoms with Crippen molar-refractivity contribution in [3.8, 4) is 0 Å². The van der Waals surface area contributed by atoms with E-state index in [1.165, 1.54) is 18.2 Å². The molecule has 3 atom stereocenters. The first-order chi connectivity index (χ1) is 12.5. The van der Waals surface area contributed by atoms with Crippen molar-refractivity contribution in [1.29, 1.82) is 0 Å². The minimum Gasteiger partial charge on any atom is -0.351 e. The van der Waals surface area contributed by atoms with Crippen LogP contribution in [0.5, 0.6) is 0 Å². The van der Waals surface area contributed by atoms with Gasteiger partial charge in [-0.3, -0.25) is 4.79 Å². The van der Waals surface area contributed by atoms with Crippen LogP contribution in [-0.2, 0) is 4.79 Å². The van der Waals surface area contributed by atoms with Gasteiger partial charge in [-0.25, -0.2) is 13.2 Å². The lowest BCUT2D eigenvalue weighted by Crippen LogP contribution is -2.50. The Morgan fingerprint density at radius 1 is 1.15 bits per heavy atom. The standard InChI is InChI=1S/C20H21F3N2O.ClH/c1-12(13-3-2-4-15(21)9-13)20(26)25-19-11-24-8-7-16(19)14-5-6-17(22)18(23)10-14;/h2-6,9-10,12,16,19,24H,7-8,11H2,1H3,(H,25,26);1H. The van der Waals surface area contributed by atoms with Crippen molar-refractivity contribution in [1.82, 2.24) is 10.6 Å². The predicted octanol–water partition coefficient (Wildman–Crippen LogP) is 3.89. The molecule has 2 N–H and O–H groups in total. The highest BCUT2D eigenvalue weighted by Crippen LogP contribution is 2.28. The summed E-state index contributed by atoms with van der Waals surface area (Å²) in [5, 5.41) is 6.19. The van der Waals surface area contributed by atoms with E-state index in [9.17, 15) is 18.0 Å². The van der Waals surface area contributed by atoms with Crippen molar-refractivity contribution in [2.45, 2.75) is 31.2 Å². The molecule has 1 aliphatic rings. The first-order valence-electron chi connectivity index (χ1n) is 8.67. The van der Waals surface area contributed by atoms with Crippen LogP contribution in [-0.4, -0.2) is 25.0 Å². The fraction of sp³-hybridized carbons (Fsp3) is 0.350. The number of halogens is 4. The number of benzene rings is 2. The average molecular weight is 399 g/mol. The number of carbonyl (C=O) groups is 1. The lowest BCUT2D eigenvalue weighted by molar-refractivity contribution is -0.123. The molecule has 1 aliphatic heterocycles. The minimum absolute atomic E-state index is 0. The molecule has 0 spiro atoms. The summed E-state index contributed by atoms with van der Waals surface area (Å²) in [6.07, 6.45) is 0.699. The third kappa shape index (κ3) is 5.02. The van der Waals surface area contributed by atoms with Crippen LogP contribution in [0.15, 0.2) is 42.5 Å². The van der Waals surface area contributed by atoms with Crippen LogP contribution < -0.4 is 10.6 Å². The zero-order chi connectivity index (χ0) is 18.7. The van der Waals surface area contributed by atoms with E-state index < -0.39 is 17.6 Å². The molecule has 0 aliphatic carbocycles. The van der Waals surface area contributed by atoms with E-state index >= 15 is 0 Å². The fourth-order valence-corrected chi connectivity index (χ4v) is 3.39. The summed E-state index contributed by atoms with van der Waals surface area (Å²) in [7, 11) is 0. The van der Waals surface area contributed by atoms with Crippen molar-refractivity contribution in [3.05, 3.63) is 71.0 Å². The molecule has 1 fully saturated rings. The van der Waals surface area contributed by atoms with E-state index in [2.05, 4.69) is 10.6 Å². The summed E-state index contributed by atoms with van der Waals surface area (Å²) >= 11 is 0. The van der Waals surface area contributed by atoms with Gasteiger partial charge in [0.25, 0.3) is 0 Å². The van der Waals surface area contributed by atoms with Crippen molar-refractivity contribution in [2.24, 2.45) is 0 Å². The number of hydrogen-bond acceptors (Lipinski definition) is 2. The van der Waals surface area contributed by atoms with Crippen molar-refractivity contribution in [3.63, 3.8) is 0 Å². The number of hydrogen-bond donors (Lipinski definition) is 2. The van der Waals surface area contributed by atoms with Crippen LogP contribution >= 0.6 is 12.4 Å². The summed E-state index contributed by atoms with van der Waals surface area (Å²) in [4.78, 5) is 12.6. The second-order valence-electron chi connectivity index (χ2n) is 6.66. The first kappa shape index (κ1) is 21.3. The van der Waals surface area contributed by atoms with Crippen LogP contribution in [0, 0.1) is 17.5 Å². The normalized spacial score (nSPS) is 20.4. The molecule has 7 heteroatoms. The van der Waals surface area contributed by atoms with Gasteiger partial charge >= 0.3 is 0 Å². The Morgan fingerprint density at radius 3 is 2.63 bits per heavy atom. The second-order valence-corrected chi connectivity index (χ2v) is 6.66. The molecule has 0 aromatic heterocycles. The quantitative estimate of drug-likeness (QED) is 0.820. The lowest BCUT2D eigenvalue weighted by Gasteiger charge is -2.34. The average Bonchev–Trinajstić information content (AvgIpc) is 2.64. The highest BCUT2D eigenvalue weighted by atomic mass is 35.5. The number of piperidine rings is 1. The Kier molecular flexibility index (Phi) is 7.27. The van der Waals surface area contributed by atoms with Gasteiger partial charge in [0.15, 0.2) is 11.6 Å². The third-order valence-electron chi connectivity index (χ3n) is 4.92. The Morgan fingerprint density at radius 2 is 1.93 bits per heavy atom. The van der Waals surface area contributed by atoms with E-state index in [0.29, 0.717) is 24.1 Å². The maximum absolute atomic E-state index is 13.6. The highest BCUT2D eigenvalue weighted by molar-refractivity contribution is 5.85. The van der Waals surface area contributed by atoms with Gasteiger partial charge in [0, 0.05) is 18.5 Å². The van der Waals surface area contributed by atoms with Gasteiger partial charge < -0.3 is 10.6 Å². The third-order valence-corrected chi connectivity index (χ3v) is 4.92. The molecule has 27 heavy (non-hydrogen) atoms. The molecule has 2 aromatic rings. The van der Waals surface area contributed by atoms with Crippen LogP contribution in [0.1, 0.15) is 36.3 Å². The molecule has 0 bridgehead atoms. The molecular formula is C20H22ClF3N2O. The van der Waals surface area contributed by atoms with E-state index in [1.807, 2.05) is 0 Å². The summed E-state index contributed by atoms with van der Waals surface area (Å²) in [5.41, 5.74) is 1.25. The van der Waals surface area contributed by atoms with Crippen LogP contribution in [0.25, 0.3) is 0 Å². The van der Waals surface area contributed by atoms with Crippen molar-refractivity contribution >= 4 is 18.3 Å². The van der Waals surface area contributed by atoms with Gasteiger partial charge in [0.1, 0.15) is 5.82 Å². The molecule has 3 nitrogen and oxygen atoms in total. The molecule has 1 heterocycles. The van der Waals surface area contributed by atoms with Gasteiger partial charge in [-0.15, -0.1) is 12.4 Å². The first-order valence-corrected chi connectivity index (χ1v) is 8.67. The number of rotatable bonds is 4. The zero-order valence-electron chi connectivity index (χ0n) is 14.8. The number of amides is 1. The molecule has 0 saturated carbocycles. The SMILES string of the molecule is CC(C(=O)NC1CNCCC1c1ccc(F)c(F)c1)c1cccc(F)c1.Cl. The van der Waals surface area contributed by atoms with Gasteiger partial charge in [-0.1, -0.05) is 18.2 Å². The van der Waals surface area contributed by atoms with Gasteiger partial charge in [0.05, 0.1) is 5.92 Å². The maximum Gasteiger partial charge on any atom is 0.227 e. The van der Waals surface area contributed by atoms with Crippen molar-refractivity contribution < 1.29 is 18.0 Å². The molecule has 3 rings (SSSR count). The largest absolute Gasteiger partial charge is 0.351 e. The Balaban J connectivity index is 0.00000261. The highest BCUT2D eigenvalue weighted by Gasteiger charge is 2.29. The maximum atomic E-state index is 13.6. The fourth-order valence-electron chi connectivity index (χ4n) is 3.39. The summed E-state index contributed by atoms with van der Waals surface area (Å²) < 4.78 is 40.2. The Hall–Kier alpha value is -2.05. The number of nitrogens with one attached hydrogen (secondary N) is 2.